The Hall–Kier alpha value is -0.800. The molecule has 114 valence electrons. The zero-order chi connectivity index (χ0) is 14.6. The van der Waals surface area contributed by atoms with Crippen LogP contribution in [0.5, 0.6) is 0 Å². The summed E-state index contributed by atoms with van der Waals surface area (Å²) in [6.07, 6.45) is 7.29. The normalized spacial score (nSPS) is 21.9. The van der Waals surface area contributed by atoms with Crippen LogP contribution in [0.1, 0.15) is 64.7 Å². The summed E-state index contributed by atoms with van der Waals surface area (Å²) in [7, 11) is 0. The summed E-state index contributed by atoms with van der Waals surface area (Å²) in [4.78, 5) is 2.56. The highest BCUT2D eigenvalue weighted by molar-refractivity contribution is 5.13. The topological polar surface area (TPSA) is 28.4 Å². The van der Waals surface area contributed by atoms with Crippen molar-refractivity contribution in [2.75, 3.05) is 6.54 Å². The second kappa shape index (κ2) is 6.77. The van der Waals surface area contributed by atoms with E-state index >= 15 is 0 Å². The maximum atomic E-state index is 5.74. The SMILES string of the molecule is CC1CCCCCN1Cc1cc(CNC(C)(C)C)co1. The van der Waals surface area contributed by atoms with E-state index in [-0.39, 0.29) is 5.54 Å². The molecule has 0 aliphatic carbocycles. The standard InChI is InChI=1S/C17H30N2O/c1-14-8-6-5-7-9-19(14)12-16-10-15(13-20-16)11-18-17(2,3)4/h10,13-14,18H,5-9,11-12H2,1-4H3. The van der Waals surface area contributed by atoms with Gasteiger partial charge in [0.05, 0.1) is 12.8 Å². The molecule has 1 aromatic rings. The molecule has 0 aromatic carbocycles. The smallest absolute Gasteiger partial charge is 0.118 e. The second-order valence-corrected chi connectivity index (χ2v) is 7.19. The van der Waals surface area contributed by atoms with Crippen molar-refractivity contribution >= 4 is 0 Å². The zero-order valence-electron chi connectivity index (χ0n) is 13.5. The van der Waals surface area contributed by atoms with E-state index in [2.05, 4.69) is 44.0 Å². The molecule has 2 heterocycles. The molecule has 0 spiro atoms. The van der Waals surface area contributed by atoms with E-state index in [0.717, 1.165) is 18.8 Å². The molecular weight excluding hydrogens is 248 g/mol. The third kappa shape index (κ3) is 4.95. The molecule has 1 aromatic heterocycles. The highest BCUT2D eigenvalue weighted by Gasteiger charge is 2.18. The van der Waals surface area contributed by atoms with Crippen LogP contribution in [0.15, 0.2) is 16.7 Å². The summed E-state index contributed by atoms with van der Waals surface area (Å²) in [6.45, 7) is 11.9. The highest BCUT2D eigenvalue weighted by Crippen LogP contribution is 2.20. The van der Waals surface area contributed by atoms with Crippen LogP contribution in [0.4, 0.5) is 0 Å². The monoisotopic (exact) mass is 278 g/mol. The van der Waals surface area contributed by atoms with Crippen LogP contribution in [0.25, 0.3) is 0 Å². The van der Waals surface area contributed by atoms with Gasteiger partial charge in [0.15, 0.2) is 0 Å². The van der Waals surface area contributed by atoms with Crippen molar-refractivity contribution in [1.29, 1.82) is 0 Å². The Kier molecular flexibility index (Phi) is 5.28. The van der Waals surface area contributed by atoms with E-state index < -0.39 is 0 Å². The van der Waals surface area contributed by atoms with Crippen LogP contribution in [0.3, 0.4) is 0 Å². The molecule has 2 rings (SSSR count). The fraction of sp³-hybridized carbons (Fsp3) is 0.765. The Morgan fingerprint density at radius 1 is 1.30 bits per heavy atom. The molecule has 3 nitrogen and oxygen atoms in total. The van der Waals surface area contributed by atoms with Gasteiger partial charge in [-0.3, -0.25) is 4.90 Å². The summed E-state index contributed by atoms with van der Waals surface area (Å²) < 4.78 is 5.74. The second-order valence-electron chi connectivity index (χ2n) is 7.19. The van der Waals surface area contributed by atoms with Crippen molar-refractivity contribution in [3.8, 4) is 0 Å². The minimum atomic E-state index is 0.150. The first-order valence-corrected chi connectivity index (χ1v) is 7.99. The van der Waals surface area contributed by atoms with Gasteiger partial charge in [-0.2, -0.15) is 0 Å². The molecule has 1 aliphatic rings. The van der Waals surface area contributed by atoms with E-state index in [9.17, 15) is 0 Å². The molecule has 0 saturated carbocycles. The number of rotatable bonds is 4. The van der Waals surface area contributed by atoms with Crippen molar-refractivity contribution < 1.29 is 4.42 Å². The highest BCUT2D eigenvalue weighted by atomic mass is 16.3. The van der Waals surface area contributed by atoms with Gasteiger partial charge in [-0.1, -0.05) is 12.8 Å². The minimum Gasteiger partial charge on any atom is -0.468 e. The van der Waals surface area contributed by atoms with Gasteiger partial charge in [-0.05, 0) is 53.1 Å². The molecule has 20 heavy (non-hydrogen) atoms. The average molecular weight is 278 g/mol. The van der Waals surface area contributed by atoms with Crippen LogP contribution < -0.4 is 5.32 Å². The third-order valence-electron chi connectivity index (χ3n) is 4.08. The number of hydrogen-bond donors (Lipinski definition) is 1. The lowest BCUT2D eigenvalue weighted by atomic mass is 10.1. The van der Waals surface area contributed by atoms with Crippen LogP contribution in [0, 0.1) is 0 Å². The molecule has 1 fully saturated rings. The lowest BCUT2D eigenvalue weighted by Crippen LogP contribution is -2.34. The molecule has 0 bridgehead atoms. The Bertz CT molecular complexity index is 405. The summed E-state index contributed by atoms with van der Waals surface area (Å²) in [6, 6.07) is 2.88. The molecule has 1 atom stereocenters. The van der Waals surface area contributed by atoms with Gasteiger partial charge >= 0.3 is 0 Å². The van der Waals surface area contributed by atoms with E-state index in [1.807, 2.05) is 6.26 Å². The number of nitrogens with one attached hydrogen (secondary N) is 1. The van der Waals surface area contributed by atoms with Gasteiger partial charge in [-0.25, -0.2) is 0 Å². The molecule has 0 radical (unpaired) electrons. The molecule has 0 amide bonds. The van der Waals surface area contributed by atoms with Crippen molar-refractivity contribution in [2.45, 2.75) is 78.0 Å². The van der Waals surface area contributed by atoms with Gasteiger partial charge < -0.3 is 9.73 Å². The molecular formula is C17H30N2O. The first-order chi connectivity index (χ1) is 9.44. The molecule has 1 unspecified atom stereocenters. The number of hydrogen-bond acceptors (Lipinski definition) is 3. The lowest BCUT2D eigenvalue weighted by Gasteiger charge is -2.25. The van der Waals surface area contributed by atoms with Crippen molar-refractivity contribution in [3.63, 3.8) is 0 Å². The molecule has 1 saturated heterocycles. The summed E-state index contributed by atoms with van der Waals surface area (Å²) in [5, 5.41) is 3.50. The maximum Gasteiger partial charge on any atom is 0.118 e. The molecule has 3 heteroatoms. The number of nitrogens with zero attached hydrogens (tertiary/aromatic N) is 1. The van der Waals surface area contributed by atoms with Crippen LogP contribution >= 0.6 is 0 Å². The molecule has 1 N–H and O–H groups in total. The van der Waals surface area contributed by atoms with E-state index in [1.165, 1.54) is 37.8 Å². The number of likely N-dealkylation sites (tertiary alicyclic amines) is 1. The van der Waals surface area contributed by atoms with Crippen molar-refractivity contribution in [3.05, 3.63) is 23.7 Å². The first-order valence-electron chi connectivity index (χ1n) is 7.99. The van der Waals surface area contributed by atoms with Gasteiger partial charge in [0.25, 0.3) is 0 Å². The van der Waals surface area contributed by atoms with Gasteiger partial charge in [0.1, 0.15) is 5.76 Å². The first kappa shape index (κ1) is 15.6. The van der Waals surface area contributed by atoms with E-state index in [4.69, 9.17) is 4.42 Å². The van der Waals surface area contributed by atoms with Gasteiger partial charge in [-0.15, -0.1) is 0 Å². The third-order valence-corrected chi connectivity index (χ3v) is 4.08. The maximum absolute atomic E-state index is 5.74. The predicted octanol–water partition coefficient (Wildman–Crippen LogP) is 3.93. The Labute approximate surface area is 123 Å². The largest absolute Gasteiger partial charge is 0.468 e. The average Bonchev–Trinajstić information content (AvgIpc) is 2.71. The summed E-state index contributed by atoms with van der Waals surface area (Å²) in [5.74, 6) is 1.10. The zero-order valence-corrected chi connectivity index (χ0v) is 13.5. The van der Waals surface area contributed by atoms with E-state index in [0.29, 0.717) is 6.04 Å². The fourth-order valence-corrected chi connectivity index (χ4v) is 2.74. The molecule has 1 aliphatic heterocycles. The Morgan fingerprint density at radius 3 is 2.85 bits per heavy atom. The predicted molar refractivity (Wildman–Crippen MR) is 83.6 cm³/mol. The lowest BCUT2D eigenvalue weighted by molar-refractivity contribution is 0.189. The quantitative estimate of drug-likeness (QED) is 0.904. The Morgan fingerprint density at radius 2 is 2.10 bits per heavy atom. The van der Waals surface area contributed by atoms with Crippen molar-refractivity contribution in [1.82, 2.24) is 10.2 Å². The Balaban J connectivity index is 1.88. The number of furan rings is 1. The summed E-state index contributed by atoms with van der Waals surface area (Å²) in [5.41, 5.74) is 1.40. The van der Waals surface area contributed by atoms with Gasteiger partial charge in [0.2, 0.25) is 0 Å². The minimum absolute atomic E-state index is 0.150. The van der Waals surface area contributed by atoms with Crippen LogP contribution in [-0.2, 0) is 13.1 Å². The van der Waals surface area contributed by atoms with Gasteiger partial charge in [0, 0.05) is 23.7 Å². The fourth-order valence-electron chi connectivity index (χ4n) is 2.74. The van der Waals surface area contributed by atoms with Crippen LogP contribution in [0.2, 0.25) is 0 Å². The van der Waals surface area contributed by atoms with E-state index in [1.54, 1.807) is 0 Å². The summed E-state index contributed by atoms with van der Waals surface area (Å²) >= 11 is 0. The van der Waals surface area contributed by atoms with Crippen molar-refractivity contribution in [2.24, 2.45) is 0 Å². The van der Waals surface area contributed by atoms with Crippen LogP contribution in [-0.4, -0.2) is 23.0 Å².